The molecule has 2 fully saturated rings. The lowest BCUT2D eigenvalue weighted by atomic mass is 9.45. The molecule has 0 aromatic carbocycles. The first-order valence-electron chi connectivity index (χ1n) is 10.2. The van der Waals surface area contributed by atoms with Crippen LogP contribution in [0.15, 0.2) is 35.5 Å². The molecule has 0 bridgehead atoms. The zero-order chi connectivity index (χ0) is 19.8. The fraction of sp³-hybridized carbons (Fsp3) is 0.667. The van der Waals surface area contributed by atoms with E-state index in [4.69, 9.17) is 4.74 Å². The molecule has 0 radical (unpaired) electrons. The summed E-state index contributed by atoms with van der Waals surface area (Å²) in [5.41, 5.74) is 3.41. The Bertz CT molecular complexity index is 718. The summed E-state index contributed by atoms with van der Waals surface area (Å²) in [5.74, 6) is 4.19. The van der Waals surface area contributed by atoms with Crippen molar-refractivity contribution in [2.75, 3.05) is 0 Å². The zero-order valence-corrected chi connectivity index (χ0v) is 17.2. The number of aliphatic hydroxyl groups is 2. The van der Waals surface area contributed by atoms with E-state index >= 15 is 0 Å². The normalized spacial score (nSPS) is 42.7. The van der Waals surface area contributed by atoms with Crippen LogP contribution >= 0.6 is 0 Å². The first kappa shape index (κ1) is 20.4. The summed E-state index contributed by atoms with van der Waals surface area (Å²) in [6.45, 7) is 12.4. The molecule has 1 saturated carbocycles. The number of rotatable bonds is 3. The molecular weight excluding hydrogens is 336 g/mol. The van der Waals surface area contributed by atoms with Gasteiger partial charge in [-0.1, -0.05) is 35.5 Å². The quantitative estimate of drug-likeness (QED) is 0.567. The average Bonchev–Trinajstić information content (AvgIpc) is 2.79. The largest absolute Gasteiger partial charge is 0.386 e. The van der Waals surface area contributed by atoms with E-state index < -0.39 is 17.3 Å². The van der Waals surface area contributed by atoms with Gasteiger partial charge < -0.3 is 14.9 Å². The lowest BCUT2D eigenvalue weighted by molar-refractivity contribution is -0.200. The molecule has 0 aromatic rings. The van der Waals surface area contributed by atoms with Gasteiger partial charge in [0.15, 0.2) is 0 Å². The van der Waals surface area contributed by atoms with Crippen LogP contribution < -0.4 is 0 Å². The van der Waals surface area contributed by atoms with Gasteiger partial charge in [-0.15, -0.1) is 5.92 Å². The Hall–Kier alpha value is -1.34. The third-order valence-electron chi connectivity index (χ3n) is 6.88. The predicted octanol–water partition coefficient (Wildman–Crippen LogP) is 4.51. The number of fused-ring (bicyclic) bond motifs is 4. The van der Waals surface area contributed by atoms with Gasteiger partial charge in [0.25, 0.3) is 5.79 Å². The SMILES string of the molecule is C=C1CC/C=C(\C)CC[C@H]2[C@H]1[C@H]1OC(O)(C#CC)C(O)[C@]12CCC=C(C)C. The minimum atomic E-state index is -1.77. The van der Waals surface area contributed by atoms with Crippen LogP contribution in [0.5, 0.6) is 0 Å². The minimum absolute atomic E-state index is 0.193. The summed E-state index contributed by atoms with van der Waals surface area (Å²) >= 11 is 0. The molecule has 3 heteroatoms. The Balaban J connectivity index is 1.99. The van der Waals surface area contributed by atoms with Crippen molar-refractivity contribution in [1.82, 2.24) is 0 Å². The van der Waals surface area contributed by atoms with Crippen molar-refractivity contribution in [3.05, 3.63) is 35.5 Å². The Morgan fingerprint density at radius 3 is 2.81 bits per heavy atom. The van der Waals surface area contributed by atoms with Crippen LogP contribution in [-0.2, 0) is 4.74 Å². The summed E-state index contributed by atoms with van der Waals surface area (Å²) in [6.07, 6.45) is 8.97. The summed E-state index contributed by atoms with van der Waals surface area (Å²) in [4.78, 5) is 0. The Morgan fingerprint density at radius 1 is 1.41 bits per heavy atom. The highest BCUT2D eigenvalue weighted by atomic mass is 16.7. The summed E-state index contributed by atoms with van der Waals surface area (Å²) < 4.78 is 6.10. The summed E-state index contributed by atoms with van der Waals surface area (Å²) in [6, 6.07) is 0. The van der Waals surface area contributed by atoms with E-state index in [1.807, 2.05) is 0 Å². The second kappa shape index (κ2) is 7.59. The highest BCUT2D eigenvalue weighted by Crippen LogP contribution is 2.67. The maximum atomic E-state index is 11.3. The van der Waals surface area contributed by atoms with E-state index in [0.29, 0.717) is 0 Å². The van der Waals surface area contributed by atoms with Crippen molar-refractivity contribution < 1.29 is 14.9 Å². The van der Waals surface area contributed by atoms with Gasteiger partial charge in [0.2, 0.25) is 0 Å². The monoisotopic (exact) mass is 370 g/mol. The molecule has 0 spiro atoms. The zero-order valence-electron chi connectivity index (χ0n) is 17.2. The second-order valence-corrected chi connectivity index (χ2v) is 8.86. The van der Waals surface area contributed by atoms with Crippen LogP contribution in [-0.4, -0.2) is 28.2 Å². The van der Waals surface area contributed by atoms with Gasteiger partial charge >= 0.3 is 0 Å². The topological polar surface area (TPSA) is 49.7 Å². The van der Waals surface area contributed by atoms with Gasteiger partial charge in [-0.25, -0.2) is 0 Å². The van der Waals surface area contributed by atoms with E-state index in [9.17, 15) is 10.2 Å². The molecule has 1 saturated heterocycles. The van der Waals surface area contributed by atoms with Crippen molar-refractivity contribution in [2.45, 2.75) is 84.2 Å². The van der Waals surface area contributed by atoms with Crippen molar-refractivity contribution in [3.8, 4) is 11.8 Å². The summed E-state index contributed by atoms with van der Waals surface area (Å²) in [7, 11) is 0. The highest BCUT2D eigenvalue weighted by molar-refractivity contribution is 5.31. The molecule has 1 aliphatic heterocycles. The molecule has 27 heavy (non-hydrogen) atoms. The first-order chi connectivity index (χ1) is 12.8. The van der Waals surface area contributed by atoms with Gasteiger partial charge in [-0.05, 0) is 78.1 Å². The maximum absolute atomic E-state index is 11.3. The molecule has 2 aliphatic carbocycles. The predicted molar refractivity (Wildman–Crippen MR) is 109 cm³/mol. The first-order valence-corrected chi connectivity index (χ1v) is 10.2. The second-order valence-electron chi connectivity index (χ2n) is 8.86. The Kier molecular flexibility index (Phi) is 5.73. The van der Waals surface area contributed by atoms with E-state index in [2.05, 4.69) is 51.3 Å². The van der Waals surface area contributed by atoms with Crippen molar-refractivity contribution in [2.24, 2.45) is 17.3 Å². The molecule has 3 rings (SSSR count). The lowest BCUT2D eigenvalue weighted by Gasteiger charge is -2.59. The molecular formula is C24H34O3. The van der Waals surface area contributed by atoms with E-state index in [1.165, 1.54) is 16.7 Å². The number of allylic oxidation sites excluding steroid dienone is 4. The number of hydrogen-bond acceptors (Lipinski definition) is 3. The third kappa shape index (κ3) is 3.33. The van der Waals surface area contributed by atoms with Gasteiger partial charge in [0.1, 0.15) is 6.10 Å². The van der Waals surface area contributed by atoms with E-state index in [-0.39, 0.29) is 17.9 Å². The van der Waals surface area contributed by atoms with E-state index in [1.54, 1.807) is 6.92 Å². The molecule has 2 N–H and O–H groups in total. The molecule has 148 valence electrons. The Morgan fingerprint density at radius 2 is 2.15 bits per heavy atom. The lowest BCUT2D eigenvalue weighted by Crippen LogP contribution is -2.63. The molecule has 3 nitrogen and oxygen atoms in total. The van der Waals surface area contributed by atoms with Crippen molar-refractivity contribution in [3.63, 3.8) is 0 Å². The van der Waals surface area contributed by atoms with Crippen LogP contribution in [0.4, 0.5) is 0 Å². The molecule has 0 amide bonds. The number of hydrogen-bond donors (Lipinski definition) is 2. The van der Waals surface area contributed by atoms with Gasteiger partial charge in [-0.3, -0.25) is 0 Å². The van der Waals surface area contributed by atoms with Crippen molar-refractivity contribution in [1.29, 1.82) is 0 Å². The fourth-order valence-corrected chi connectivity index (χ4v) is 5.59. The number of aliphatic hydroxyl groups excluding tert-OH is 1. The van der Waals surface area contributed by atoms with Crippen LogP contribution in [0, 0.1) is 29.1 Å². The van der Waals surface area contributed by atoms with Gasteiger partial charge in [-0.2, -0.15) is 0 Å². The Labute approximate surface area is 164 Å². The maximum Gasteiger partial charge on any atom is 0.259 e. The molecule has 3 aliphatic rings. The fourth-order valence-electron chi connectivity index (χ4n) is 5.59. The van der Waals surface area contributed by atoms with Crippen LogP contribution in [0.25, 0.3) is 0 Å². The molecule has 0 aromatic heterocycles. The van der Waals surface area contributed by atoms with Crippen LogP contribution in [0.3, 0.4) is 0 Å². The van der Waals surface area contributed by atoms with Crippen LogP contribution in [0.2, 0.25) is 0 Å². The van der Waals surface area contributed by atoms with Gasteiger partial charge in [0.05, 0.1) is 6.10 Å². The molecule has 6 atom stereocenters. The van der Waals surface area contributed by atoms with Crippen molar-refractivity contribution >= 4 is 0 Å². The van der Waals surface area contributed by atoms with Crippen LogP contribution in [0.1, 0.15) is 66.2 Å². The summed E-state index contributed by atoms with van der Waals surface area (Å²) in [5, 5.41) is 22.3. The molecule has 1 heterocycles. The number of ether oxygens (including phenoxy) is 1. The smallest absolute Gasteiger partial charge is 0.259 e. The third-order valence-corrected chi connectivity index (χ3v) is 6.88. The van der Waals surface area contributed by atoms with Gasteiger partial charge in [0, 0.05) is 11.3 Å². The van der Waals surface area contributed by atoms with E-state index in [0.717, 1.165) is 38.5 Å². The molecule has 2 unspecified atom stereocenters. The average molecular weight is 371 g/mol. The minimum Gasteiger partial charge on any atom is -0.386 e. The standard InChI is InChI=1S/C24H34O3/c1-6-14-24(26)22(25)23(15-8-9-16(2)3)19-13-12-17(4)10-7-11-18(5)20(19)21(23)27-24/h9-10,19-22,25-26H,5,7-8,11-13,15H2,1-4H3/b17-10+/t19-,20-,21+,22?,23-,24?/m0/s1. The highest BCUT2D eigenvalue weighted by Gasteiger charge is 2.75.